The molecule has 230 valence electrons. The fourth-order valence-corrected chi connectivity index (χ4v) is 6.37. The second kappa shape index (κ2) is 12.9. The summed E-state index contributed by atoms with van der Waals surface area (Å²) < 4.78 is 10.8. The molecule has 4 N–H and O–H groups in total. The van der Waals surface area contributed by atoms with Crippen molar-refractivity contribution >= 4 is 28.9 Å². The summed E-state index contributed by atoms with van der Waals surface area (Å²) in [5.74, 6) is 0.775. The second-order valence-corrected chi connectivity index (χ2v) is 12.0. The number of nitrogens with one attached hydrogen (secondary N) is 2. The zero-order valence-electron chi connectivity index (χ0n) is 25.4. The molecule has 3 saturated heterocycles. The number of carbonyl (C=O) groups is 1. The highest BCUT2D eigenvalue weighted by molar-refractivity contribution is 5.97. The molecule has 0 radical (unpaired) electrons. The van der Waals surface area contributed by atoms with E-state index in [-0.39, 0.29) is 11.7 Å². The molecule has 3 aliphatic rings. The smallest absolute Gasteiger partial charge is 0.271 e. The van der Waals surface area contributed by atoms with Gasteiger partial charge >= 0.3 is 0 Å². The van der Waals surface area contributed by atoms with Crippen LogP contribution in [0.4, 0.5) is 23.0 Å². The molecule has 43 heavy (non-hydrogen) atoms. The van der Waals surface area contributed by atoms with Crippen molar-refractivity contribution in [1.29, 1.82) is 0 Å². The molecule has 2 aromatic heterocycles. The maximum absolute atomic E-state index is 12.6. The maximum Gasteiger partial charge on any atom is 0.271 e. The number of nitrogens with zero attached hydrogens (tertiary/aromatic N) is 6. The number of carbonyl (C=O) groups excluding carboxylic acids is 1. The van der Waals surface area contributed by atoms with Crippen LogP contribution in [0, 0.1) is 13.8 Å². The van der Waals surface area contributed by atoms with Gasteiger partial charge in [-0.2, -0.15) is 0 Å². The van der Waals surface area contributed by atoms with Gasteiger partial charge in [-0.25, -0.2) is 9.97 Å². The van der Waals surface area contributed by atoms with Gasteiger partial charge in [0.2, 0.25) is 0 Å². The van der Waals surface area contributed by atoms with Crippen LogP contribution in [0.3, 0.4) is 0 Å². The topological polar surface area (TPSA) is 138 Å². The molecule has 12 nitrogen and oxygen atoms in total. The Morgan fingerprint density at radius 1 is 0.953 bits per heavy atom. The first-order valence-electron chi connectivity index (χ1n) is 15.4. The van der Waals surface area contributed by atoms with E-state index < -0.39 is 5.91 Å². The quantitative estimate of drug-likeness (QED) is 0.356. The minimum atomic E-state index is -0.675. The molecule has 0 saturated carbocycles. The van der Waals surface area contributed by atoms with Gasteiger partial charge in [-0.1, -0.05) is 5.16 Å². The standard InChI is InChI=1S/C31H43N9O3/c1-20-18-23(4-5-26(20)40-10-6-24(7-11-40)39-14-12-38(3)13-15-39)34-31-28(29(32)41)35-27(25-19-21(2)43-37-25)30(36-31)33-22-8-16-42-17-9-22/h4-5,18-19,22,24H,6-17H2,1-3H3,(H2,32,41)(H2,33,34,36). The molecule has 5 heterocycles. The van der Waals surface area contributed by atoms with Gasteiger partial charge in [0.15, 0.2) is 17.3 Å². The van der Waals surface area contributed by atoms with Crippen LogP contribution < -0.4 is 21.3 Å². The van der Waals surface area contributed by atoms with E-state index in [0.717, 1.165) is 50.3 Å². The number of rotatable bonds is 8. The third-order valence-electron chi connectivity index (χ3n) is 8.88. The molecule has 0 spiro atoms. The first-order valence-corrected chi connectivity index (χ1v) is 15.4. The average molecular weight is 590 g/mol. The van der Waals surface area contributed by atoms with Crippen LogP contribution >= 0.6 is 0 Å². The number of anilines is 4. The molecule has 1 amide bonds. The summed E-state index contributed by atoms with van der Waals surface area (Å²) in [6, 6.07) is 8.87. The van der Waals surface area contributed by atoms with Gasteiger partial charge in [0.1, 0.15) is 17.1 Å². The minimum absolute atomic E-state index is 0.0425. The lowest BCUT2D eigenvalue weighted by atomic mass is 10.0. The summed E-state index contributed by atoms with van der Waals surface area (Å²) in [6.07, 6.45) is 4.04. The van der Waals surface area contributed by atoms with Crippen molar-refractivity contribution in [3.63, 3.8) is 0 Å². The van der Waals surface area contributed by atoms with Crippen LogP contribution in [0.1, 0.15) is 47.5 Å². The Balaban J connectivity index is 1.21. The monoisotopic (exact) mass is 589 g/mol. The van der Waals surface area contributed by atoms with Crippen molar-refractivity contribution in [2.24, 2.45) is 5.73 Å². The highest BCUT2D eigenvalue weighted by Gasteiger charge is 2.28. The van der Waals surface area contributed by atoms with Gasteiger partial charge in [-0.15, -0.1) is 0 Å². The van der Waals surface area contributed by atoms with Crippen molar-refractivity contribution < 1.29 is 14.1 Å². The fourth-order valence-electron chi connectivity index (χ4n) is 6.37. The summed E-state index contributed by atoms with van der Waals surface area (Å²) >= 11 is 0. The van der Waals surface area contributed by atoms with E-state index in [1.54, 1.807) is 6.07 Å². The number of piperidine rings is 1. The van der Waals surface area contributed by atoms with E-state index in [1.807, 2.05) is 13.0 Å². The number of aromatic nitrogens is 3. The molecule has 0 unspecified atom stereocenters. The summed E-state index contributed by atoms with van der Waals surface area (Å²) in [6.45, 7) is 12.0. The number of ether oxygens (including phenoxy) is 1. The van der Waals surface area contributed by atoms with Gasteiger partial charge in [-0.05, 0) is 70.3 Å². The fraction of sp³-hybridized carbons (Fsp3) is 0.548. The summed E-state index contributed by atoms with van der Waals surface area (Å²) in [5, 5.41) is 11.0. The number of hydrogen-bond acceptors (Lipinski definition) is 11. The molecule has 1 aromatic carbocycles. The number of nitrogens with two attached hydrogens (primary N) is 1. The van der Waals surface area contributed by atoms with Gasteiger partial charge in [0, 0.05) is 82.0 Å². The summed E-state index contributed by atoms with van der Waals surface area (Å²) in [4.78, 5) is 29.6. The molecule has 3 fully saturated rings. The second-order valence-electron chi connectivity index (χ2n) is 12.0. The number of aryl methyl sites for hydroxylation is 2. The Morgan fingerprint density at radius 2 is 1.70 bits per heavy atom. The maximum atomic E-state index is 12.6. The lowest BCUT2D eigenvalue weighted by molar-refractivity contribution is 0.0904. The number of benzene rings is 1. The zero-order valence-corrected chi connectivity index (χ0v) is 25.4. The third-order valence-corrected chi connectivity index (χ3v) is 8.88. The highest BCUT2D eigenvalue weighted by atomic mass is 16.5. The predicted octanol–water partition coefficient (Wildman–Crippen LogP) is 3.40. The number of amides is 1. The molecule has 0 bridgehead atoms. The van der Waals surface area contributed by atoms with Crippen molar-refractivity contribution in [2.45, 2.75) is 51.6 Å². The molecule has 3 aromatic rings. The largest absolute Gasteiger partial charge is 0.381 e. The van der Waals surface area contributed by atoms with E-state index in [2.05, 4.69) is 61.6 Å². The van der Waals surface area contributed by atoms with Gasteiger partial charge < -0.3 is 35.4 Å². The molecule has 0 atom stereocenters. The average Bonchev–Trinajstić information content (AvgIpc) is 3.44. The van der Waals surface area contributed by atoms with E-state index in [9.17, 15) is 4.79 Å². The third kappa shape index (κ3) is 6.76. The number of hydrogen-bond donors (Lipinski definition) is 3. The molecule has 3 aliphatic heterocycles. The Labute approximate surface area is 252 Å². The van der Waals surface area contributed by atoms with E-state index >= 15 is 0 Å². The molecule has 0 aliphatic carbocycles. The van der Waals surface area contributed by atoms with Crippen LogP contribution in [-0.4, -0.2) is 102 Å². The SMILES string of the molecule is Cc1cc(-c2nc(C(N)=O)c(Nc3ccc(N4CCC(N5CCN(C)CC5)CC4)c(C)c3)nc2NC2CCOCC2)no1. The lowest BCUT2D eigenvalue weighted by Gasteiger charge is -2.43. The van der Waals surface area contributed by atoms with Gasteiger partial charge in [0.05, 0.1) is 0 Å². The Morgan fingerprint density at radius 3 is 2.35 bits per heavy atom. The van der Waals surface area contributed by atoms with Crippen LogP contribution in [0.25, 0.3) is 11.4 Å². The van der Waals surface area contributed by atoms with Crippen LogP contribution in [0.5, 0.6) is 0 Å². The summed E-state index contributed by atoms with van der Waals surface area (Å²) in [5.41, 5.74) is 9.97. The Bertz CT molecular complexity index is 1420. The normalized spacial score (nSPS) is 19.5. The van der Waals surface area contributed by atoms with E-state index in [1.165, 1.54) is 31.6 Å². The first kappa shape index (κ1) is 29.3. The van der Waals surface area contributed by atoms with E-state index in [0.29, 0.717) is 48.0 Å². The van der Waals surface area contributed by atoms with Crippen LogP contribution in [-0.2, 0) is 4.74 Å². The number of primary amides is 1. The van der Waals surface area contributed by atoms with E-state index in [4.69, 9.17) is 20.0 Å². The van der Waals surface area contributed by atoms with Crippen molar-refractivity contribution in [3.05, 3.63) is 41.3 Å². The van der Waals surface area contributed by atoms with Crippen molar-refractivity contribution in [3.8, 4) is 11.4 Å². The zero-order chi connectivity index (χ0) is 29.9. The van der Waals surface area contributed by atoms with Crippen LogP contribution in [0.2, 0.25) is 0 Å². The number of likely N-dealkylation sites (N-methyl/N-ethyl adjacent to an activating group) is 1. The van der Waals surface area contributed by atoms with Crippen LogP contribution in [0.15, 0.2) is 28.8 Å². The van der Waals surface area contributed by atoms with Crippen molar-refractivity contribution in [2.75, 3.05) is 75.1 Å². The molecular formula is C31H43N9O3. The lowest BCUT2D eigenvalue weighted by Crippen LogP contribution is -2.52. The highest BCUT2D eigenvalue weighted by Crippen LogP contribution is 2.32. The Kier molecular flexibility index (Phi) is 8.78. The number of piperazine rings is 1. The predicted molar refractivity (Wildman–Crippen MR) is 167 cm³/mol. The molecular weight excluding hydrogens is 546 g/mol. The molecule has 6 rings (SSSR count). The molecule has 12 heteroatoms. The Hall–Kier alpha value is -3.74. The van der Waals surface area contributed by atoms with Gasteiger partial charge in [0.25, 0.3) is 5.91 Å². The van der Waals surface area contributed by atoms with Gasteiger partial charge in [-0.3, -0.25) is 9.69 Å². The van der Waals surface area contributed by atoms with Crippen molar-refractivity contribution in [1.82, 2.24) is 24.9 Å². The summed E-state index contributed by atoms with van der Waals surface area (Å²) in [7, 11) is 2.21. The first-order chi connectivity index (χ1) is 20.8. The minimum Gasteiger partial charge on any atom is -0.381 e.